The van der Waals surface area contributed by atoms with Crippen LogP contribution < -0.4 is 10.1 Å². The lowest BCUT2D eigenvalue weighted by atomic mass is 9.95. The number of amides is 1. The van der Waals surface area contributed by atoms with Crippen LogP contribution >= 0.6 is 0 Å². The second-order valence-electron chi connectivity index (χ2n) is 7.09. The Morgan fingerprint density at radius 2 is 1.78 bits per heavy atom. The number of hydrogen-bond acceptors (Lipinski definition) is 5. The number of morpholine rings is 1. The number of carbonyl (C=O) groups is 1. The van der Waals surface area contributed by atoms with Gasteiger partial charge in [-0.3, -0.25) is 4.79 Å². The van der Waals surface area contributed by atoms with Gasteiger partial charge in [-0.1, -0.05) is 19.3 Å². The highest BCUT2D eigenvalue weighted by atomic mass is 32.2. The van der Waals surface area contributed by atoms with Crippen molar-refractivity contribution in [3.05, 3.63) is 24.3 Å². The summed E-state index contributed by atoms with van der Waals surface area (Å²) < 4.78 is 37.6. The van der Waals surface area contributed by atoms with E-state index in [1.54, 1.807) is 19.1 Å². The predicted molar refractivity (Wildman–Crippen MR) is 101 cm³/mol. The molecule has 1 N–H and O–H groups in total. The monoisotopic (exact) mass is 396 g/mol. The van der Waals surface area contributed by atoms with Gasteiger partial charge in [-0.25, -0.2) is 8.42 Å². The lowest BCUT2D eigenvalue weighted by Gasteiger charge is -2.26. The van der Waals surface area contributed by atoms with Gasteiger partial charge in [0.25, 0.3) is 5.91 Å². The Kier molecular flexibility index (Phi) is 6.73. The summed E-state index contributed by atoms with van der Waals surface area (Å²) in [4.78, 5) is 12.5. The number of carbonyl (C=O) groups excluding carboxylic acids is 1. The zero-order valence-corrected chi connectivity index (χ0v) is 16.5. The van der Waals surface area contributed by atoms with Crippen molar-refractivity contribution < 1.29 is 22.7 Å². The maximum absolute atomic E-state index is 12.6. The molecule has 0 aromatic heterocycles. The molecular formula is C19H28N2O5S. The van der Waals surface area contributed by atoms with Gasteiger partial charge in [-0.15, -0.1) is 0 Å². The summed E-state index contributed by atoms with van der Waals surface area (Å²) in [5, 5.41) is 3.04. The van der Waals surface area contributed by atoms with Crippen LogP contribution in [-0.4, -0.2) is 57.1 Å². The zero-order valence-electron chi connectivity index (χ0n) is 15.7. The Bertz CT molecular complexity index is 723. The first-order chi connectivity index (χ1) is 13.0. The molecule has 7 nitrogen and oxygen atoms in total. The number of benzene rings is 1. The Morgan fingerprint density at radius 1 is 1.15 bits per heavy atom. The fraction of sp³-hybridized carbons (Fsp3) is 0.632. The van der Waals surface area contributed by atoms with Gasteiger partial charge in [0.1, 0.15) is 5.75 Å². The van der Waals surface area contributed by atoms with E-state index in [-0.39, 0.29) is 16.8 Å². The Labute approximate surface area is 161 Å². The molecule has 1 saturated heterocycles. The van der Waals surface area contributed by atoms with Crippen LogP contribution in [0.15, 0.2) is 29.2 Å². The average molecular weight is 397 g/mol. The van der Waals surface area contributed by atoms with Gasteiger partial charge < -0.3 is 14.8 Å². The first-order valence-electron chi connectivity index (χ1n) is 9.62. The van der Waals surface area contributed by atoms with Crippen molar-refractivity contribution in [3.63, 3.8) is 0 Å². The molecular weight excluding hydrogens is 368 g/mol. The van der Waals surface area contributed by atoms with Gasteiger partial charge >= 0.3 is 0 Å². The lowest BCUT2D eigenvalue weighted by Crippen LogP contribution is -2.43. The van der Waals surface area contributed by atoms with Crippen LogP contribution in [0.25, 0.3) is 0 Å². The predicted octanol–water partition coefficient (Wildman–Crippen LogP) is 1.92. The van der Waals surface area contributed by atoms with Crippen molar-refractivity contribution in [2.45, 2.75) is 56.1 Å². The molecule has 0 bridgehead atoms. The molecule has 2 aliphatic rings. The molecule has 3 rings (SSSR count). The number of hydrogen-bond donors (Lipinski definition) is 1. The number of nitrogens with one attached hydrogen (secondary N) is 1. The summed E-state index contributed by atoms with van der Waals surface area (Å²) >= 11 is 0. The molecule has 0 radical (unpaired) electrons. The minimum absolute atomic E-state index is 0.132. The molecule has 8 heteroatoms. The van der Waals surface area contributed by atoms with Gasteiger partial charge in [0.05, 0.1) is 18.1 Å². The van der Waals surface area contributed by atoms with Crippen molar-refractivity contribution in [3.8, 4) is 5.75 Å². The third-order valence-electron chi connectivity index (χ3n) is 5.07. The van der Waals surface area contributed by atoms with Crippen LogP contribution in [0.3, 0.4) is 0 Å². The highest BCUT2D eigenvalue weighted by molar-refractivity contribution is 7.89. The third-order valence-corrected chi connectivity index (χ3v) is 6.98. The van der Waals surface area contributed by atoms with Gasteiger partial charge in [0, 0.05) is 19.1 Å². The Balaban J connectivity index is 1.57. The normalized spacial score (nSPS) is 20.8. The summed E-state index contributed by atoms with van der Waals surface area (Å²) in [6.45, 7) is 3.25. The van der Waals surface area contributed by atoms with E-state index in [1.807, 2.05) is 0 Å². The summed E-state index contributed by atoms with van der Waals surface area (Å²) in [6, 6.07) is 6.46. The molecule has 1 aliphatic heterocycles. The van der Waals surface area contributed by atoms with E-state index in [4.69, 9.17) is 9.47 Å². The van der Waals surface area contributed by atoms with E-state index < -0.39 is 16.1 Å². The molecule has 1 atom stereocenters. The first-order valence-corrected chi connectivity index (χ1v) is 11.1. The van der Waals surface area contributed by atoms with E-state index >= 15 is 0 Å². The number of rotatable bonds is 6. The summed E-state index contributed by atoms with van der Waals surface area (Å²) in [7, 11) is -3.52. The smallest absolute Gasteiger partial charge is 0.260 e. The number of sulfonamides is 1. The molecule has 1 aromatic carbocycles. The van der Waals surface area contributed by atoms with E-state index in [0.29, 0.717) is 32.1 Å². The molecule has 0 spiro atoms. The van der Waals surface area contributed by atoms with Crippen molar-refractivity contribution in [1.82, 2.24) is 9.62 Å². The molecule has 150 valence electrons. The van der Waals surface area contributed by atoms with Crippen LogP contribution in [0, 0.1) is 0 Å². The number of nitrogens with zero attached hydrogens (tertiary/aromatic N) is 1. The van der Waals surface area contributed by atoms with Gasteiger partial charge in [-0.2, -0.15) is 4.31 Å². The van der Waals surface area contributed by atoms with Gasteiger partial charge in [-0.05, 0) is 44.0 Å². The molecule has 0 unspecified atom stereocenters. The lowest BCUT2D eigenvalue weighted by molar-refractivity contribution is -0.128. The number of ether oxygens (including phenoxy) is 2. The maximum atomic E-state index is 12.6. The minimum Gasteiger partial charge on any atom is -0.481 e. The molecule has 2 fully saturated rings. The SMILES string of the molecule is C[C@H](Oc1ccc(S(=O)(=O)N2CCOCC2)cc1)C(=O)NC1CCCCC1. The third kappa shape index (κ3) is 5.21. The largest absolute Gasteiger partial charge is 0.481 e. The summed E-state index contributed by atoms with van der Waals surface area (Å²) in [5.41, 5.74) is 0. The highest BCUT2D eigenvalue weighted by Gasteiger charge is 2.26. The van der Waals surface area contributed by atoms with Crippen LogP contribution in [0.2, 0.25) is 0 Å². The van der Waals surface area contributed by atoms with E-state index in [9.17, 15) is 13.2 Å². The van der Waals surface area contributed by atoms with Crippen molar-refractivity contribution in [2.75, 3.05) is 26.3 Å². The van der Waals surface area contributed by atoms with Gasteiger partial charge in [0.15, 0.2) is 6.10 Å². The summed E-state index contributed by atoms with van der Waals surface area (Å²) in [6.07, 6.45) is 4.95. The molecule has 1 saturated carbocycles. The van der Waals surface area contributed by atoms with Crippen LogP contribution in [0.1, 0.15) is 39.0 Å². The average Bonchev–Trinajstić information content (AvgIpc) is 2.70. The highest BCUT2D eigenvalue weighted by Crippen LogP contribution is 2.22. The van der Waals surface area contributed by atoms with E-state index in [0.717, 1.165) is 25.7 Å². The molecule has 27 heavy (non-hydrogen) atoms. The van der Waals surface area contributed by atoms with E-state index in [1.165, 1.54) is 22.9 Å². The van der Waals surface area contributed by atoms with Crippen molar-refractivity contribution >= 4 is 15.9 Å². The van der Waals surface area contributed by atoms with Crippen molar-refractivity contribution in [2.24, 2.45) is 0 Å². The van der Waals surface area contributed by atoms with Gasteiger partial charge in [0.2, 0.25) is 10.0 Å². The molecule has 1 aromatic rings. The van der Waals surface area contributed by atoms with Crippen LogP contribution in [0.5, 0.6) is 5.75 Å². The second kappa shape index (κ2) is 9.03. The zero-order chi connectivity index (χ0) is 19.3. The fourth-order valence-corrected chi connectivity index (χ4v) is 4.86. The quantitative estimate of drug-likeness (QED) is 0.794. The molecule has 1 aliphatic carbocycles. The fourth-order valence-electron chi connectivity index (χ4n) is 3.45. The Hall–Kier alpha value is -1.64. The topological polar surface area (TPSA) is 84.9 Å². The standard InChI is InChI=1S/C19H28N2O5S/c1-15(19(22)20-16-5-3-2-4-6-16)26-17-7-9-18(10-8-17)27(23,24)21-11-13-25-14-12-21/h7-10,15-16H,2-6,11-14H2,1H3,(H,20,22)/t15-/m0/s1. The van der Waals surface area contributed by atoms with Crippen molar-refractivity contribution in [1.29, 1.82) is 0 Å². The first kappa shape index (κ1) is 20.1. The van der Waals surface area contributed by atoms with Crippen LogP contribution in [-0.2, 0) is 19.6 Å². The minimum atomic E-state index is -3.52. The molecule has 1 amide bonds. The Morgan fingerprint density at radius 3 is 2.41 bits per heavy atom. The van der Waals surface area contributed by atoms with E-state index in [2.05, 4.69) is 5.32 Å². The summed E-state index contributed by atoms with van der Waals surface area (Å²) in [5.74, 6) is 0.342. The molecule has 1 heterocycles. The maximum Gasteiger partial charge on any atom is 0.260 e. The second-order valence-corrected chi connectivity index (χ2v) is 9.03. The van der Waals surface area contributed by atoms with Crippen LogP contribution in [0.4, 0.5) is 0 Å².